The Labute approximate surface area is 156 Å². The Balaban J connectivity index is 1.84. The molecule has 0 spiro atoms. The minimum atomic E-state index is -3.69. The number of nitrogens with zero attached hydrogens (tertiary/aromatic N) is 2. The summed E-state index contributed by atoms with van der Waals surface area (Å²) in [6, 6.07) is 12.2. The van der Waals surface area contributed by atoms with Gasteiger partial charge in [0.2, 0.25) is 15.9 Å². The summed E-state index contributed by atoms with van der Waals surface area (Å²) in [5, 5.41) is 6.08. The lowest BCUT2D eigenvalue weighted by atomic mass is 10.2. The second kappa shape index (κ2) is 7.53. The highest BCUT2D eigenvalue weighted by molar-refractivity contribution is 7.89. The Kier molecular flexibility index (Phi) is 5.36. The number of sulfonamides is 1. The summed E-state index contributed by atoms with van der Waals surface area (Å²) in [6.45, 7) is 4.43. The SMILES string of the molecule is CCOc1cccc(Cc2nc(C)c(-c3ccc(S(N)(=O)=O)cc3)s2)n1. The predicted molar refractivity (Wildman–Crippen MR) is 102 cm³/mol. The minimum absolute atomic E-state index is 0.0978. The van der Waals surface area contributed by atoms with Crippen LogP contribution in [0, 0.1) is 6.92 Å². The van der Waals surface area contributed by atoms with Crippen molar-refractivity contribution in [1.29, 1.82) is 0 Å². The molecular formula is C18H19N3O3S2. The van der Waals surface area contributed by atoms with Gasteiger partial charge in [-0.05, 0) is 37.6 Å². The summed E-state index contributed by atoms with van der Waals surface area (Å²) in [5.41, 5.74) is 2.70. The maximum absolute atomic E-state index is 11.4. The molecular weight excluding hydrogens is 370 g/mol. The van der Waals surface area contributed by atoms with E-state index in [1.54, 1.807) is 23.5 Å². The standard InChI is InChI=1S/C18H19N3O3S2/c1-3-24-16-6-4-5-14(21-16)11-17-20-12(2)18(25-17)13-7-9-15(10-8-13)26(19,22)23/h4-10H,3,11H2,1-2H3,(H2,19,22,23). The predicted octanol–water partition coefficient (Wildman–Crippen LogP) is 3.15. The van der Waals surface area contributed by atoms with Crippen molar-refractivity contribution in [2.75, 3.05) is 6.61 Å². The number of ether oxygens (including phenoxy) is 1. The first-order chi connectivity index (χ1) is 12.4. The van der Waals surface area contributed by atoms with Gasteiger partial charge in [-0.3, -0.25) is 0 Å². The topological polar surface area (TPSA) is 95.2 Å². The fourth-order valence-corrected chi connectivity index (χ4v) is 4.13. The number of nitrogens with two attached hydrogens (primary N) is 1. The molecule has 3 aromatic rings. The number of hydrogen-bond acceptors (Lipinski definition) is 6. The Bertz CT molecular complexity index is 1010. The van der Waals surface area contributed by atoms with E-state index in [0.717, 1.165) is 26.8 Å². The molecule has 0 amide bonds. The molecule has 0 unspecified atom stereocenters. The van der Waals surface area contributed by atoms with E-state index in [0.29, 0.717) is 18.9 Å². The van der Waals surface area contributed by atoms with Crippen molar-refractivity contribution in [3.63, 3.8) is 0 Å². The van der Waals surface area contributed by atoms with Gasteiger partial charge in [-0.2, -0.15) is 0 Å². The first-order valence-electron chi connectivity index (χ1n) is 8.05. The Morgan fingerprint density at radius 3 is 2.50 bits per heavy atom. The van der Waals surface area contributed by atoms with Crippen LogP contribution in [0.1, 0.15) is 23.3 Å². The van der Waals surface area contributed by atoms with Crippen LogP contribution < -0.4 is 9.88 Å². The summed E-state index contributed by atoms with van der Waals surface area (Å²) in [6.07, 6.45) is 0.613. The molecule has 2 aromatic heterocycles. The summed E-state index contributed by atoms with van der Waals surface area (Å²) in [5.74, 6) is 0.608. The third kappa shape index (κ3) is 4.27. The lowest BCUT2D eigenvalue weighted by Crippen LogP contribution is -2.11. The second-order valence-corrected chi connectivity index (χ2v) is 8.31. The molecule has 2 N–H and O–H groups in total. The number of aromatic nitrogens is 2. The quantitative estimate of drug-likeness (QED) is 0.699. The third-order valence-electron chi connectivity index (χ3n) is 3.69. The van der Waals surface area contributed by atoms with Gasteiger partial charge in [0.25, 0.3) is 0 Å². The monoisotopic (exact) mass is 389 g/mol. The fraction of sp³-hybridized carbons (Fsp3) is 0.222. The number of hydrogen-bond donors (Lipinski definition) is 1. The van der Waals surface area contributed by atoms with Crippen molar-refractivity contribution < 1.29 is 13.2 Å². The number of pyridine rings is 1. The van der Waals surface area contributed by atoms with E-state index >= 15 is 0 Å². The van der Waals surface area contributed by atoms with Gasteiger partial charge in [0.05, 0.1) is 32.8 Å². The van der Waals surface area contributed by atoms with Crippen LogP contribution in [-0.4, -0.2) is 25.0 Å². The van der Waals surface area contributed by atoms with Crippen LogP contribution in [0.15, 0.2) is 47.4 Å². The van der Waals surface area contributed by atoms with Crippen LogP contribution >= 0.6 is 11.3 Å². The van der Waals surface area contributed by atoms with E-state index in [1.807, 2.05) is 32.0 Å². The summed E-state index contributed by atoms with van der Waals surface area (Å²) in [4.78, 5) is 10.2. The smallest absolute Gasteiger partial charge is 0.238 e. The van der Waals surface area contributed by atoms with Crippen LogP contribution in [0.2, 0.25) is 0 Å². The second-order valence-electron chi connectivity index (χ2n) is 5.67. The van der Waals surface area contributed by atoms with Gasteiger partial charge in [0.1, 0.15) is 0 Å². The number of rotatable bonds is 6. The normalized spacial score (nSPS) is 11.5. The molecule has 0 atom stereocenters. The van der Waals surface area contributed by atoms with Gasteiger partial charge >= 0.3 is 0 Å². The number of thiazole rings is 1. The lowest BCUT2D eigenvalue weighted by molar-refractivity contribution is 0.326. The first-order valence-corrected chi connectivity index (χ1v) is 10.4. The molecule has 0 aliphatic heterocycles. The Morgan fingerprint density at radius 2 is 1.85 bits per heavy atom. The van der Waals surface area contributed by atoms with Crippen molar-refractivity contribution >= 4 is 21.4 Å². The molecule has 0 aliphatic rings. The zero-order chi connectivity index (χ0) is 18.7. The van der Waals surface area contributed by atoms with Gasteiger partial charge in [0.15, 0.2) is 0 Å². The molecule has 0 fully saturated rings. The molecule has 1 aromatic carbocycles. The molecule has 2 heterocycles. The molecule has 3 rings (SSSR count). The van der Waals surface area contributed by atoms with Crippen LogP contribution in [-0.2, 0) is 16.4 Å². The van der Waals surface area contributed by atoms with Gasteiger partial charge in [-0.25, -0.2) is 23.5 Å². The Morgan fingerprint density at radius 1 is 1.12 bits per heavy atom. The van der Waals surface area contributed by atoms with Crippen LogP contribution in [0.5, 0.6) is 5.88 Å². The zero-order valence-corrected chi connectivity index (χ0v) is 16.1. The van der Waals surface area contributed by atoms with Crippen molar-refractivity contribution in [2.24, 2.45) is 5.14 Å². The molecule has 136 valence electrons. The summed E-state index contributed by atoms with van der Waals surface area (Å²) in [7, 11) is -3.69. The highest BCUT2D eigenvalue weighted by Crippen LogP contribution is 2.31. The van der Waals surface area contributed by atoms with Crippen molar-refractivity contribution in [2.45, 2.75) is 25.2 Å². The van der Waals surface area contributed by atoms with E-state index in [-0.39, 0.29) is 4.90 Å². The van der Waals surface area contributed by atoms with Crippen molar-refractivity contribution in [3.05, 3.63) is 58.9 Å². The molecule has 0 bridgehead atoms. The molecule has 0 saturated heterocycles. The van der Waals surface area contributed by atoms with Crippen molar-refractivity contribution in [3.8, 4) is 16.3 Å². The van der Waals surface area contributed by atoms with Crippen LogP contribution in [0.4, 0.5) is 0 Å². The van der Waals surface area contributed by atoms with E-state index in [1.165, 1.54) is 12.1 Å². The van der Waals surface area contributed by atoms with Gasteiger partial charge < -0.3 is 4.74 Å². The Hall–Kier alpha value is -2.29. The van der Waals surface area contributed by atoms with E-state index in [9.17, 15) is 8.42 Å². The van der Waals surface area contributed by atoms with Gasteiger partial charge in [-0.1, -0.05) is 18.2 Å². The lowest BCUT2D eigenvalue weighted by Gasteiger charge is -2.03. The highest BCUT2D eigenvalue weighted by atomic mass is 32.2. The minimum Gasteiger partial charge on any atom is -0.478 e. The van der Waals surface area contributed by atoms with Gasteiger partial charge in [-0.15, -0.1) is 11.3 Å². The summed E-state index contributed by atoms with van der Waals surface area (Å²) >= 11 is 1.57. The average molecular weight is 390 g/mol. The molecule has 0 aliphatic carbocycles. The summed E-state index contributed by atoms with van der Waals surface area (Å²) < 4.78 is 28.2. The number of primary sulfonamides is 1. The molecule has 0 radical (unpaired) electrons. The molecule has 6 nitrogen and oxygen atoms in total. The van der Waals surface area contributed by atoms with E-state index in [2.05, 4.69) is 9.97 Å². The molecule has 26 heavy (non-hydrogen) atoms. The maximum Gasteiger partial charge on any atom is 0.238 e. The van der Waals surface area contributed by atoms with E-state index < -0.39 is 10.0 Å². The van der Waals surface area contributed by atoms with E-state index in [4.69, 9.17) is 9.88 Å². The van der Waals surface area contributed by atoms with Crippen LogP contribution in [0.3, 0.4) is 0 Å². The molecule has 8 heteroatoms. The fourth-order valence-electron chi connectivity index (χ4n) is 2.53. The maximum atomic E-state index is 11.4. The van der Waals surface area contributed by atoms with Crippen LogP contribution in [0.25, 0.3) is 10.4 Å². The first kappa shape index (κ1) is 18.5. The zero-order valence-electron chi connectivity index (χ0n) is 14.5. The largest absolute Gasteiger partial charge is 0.478 e. The van der Waals surface area contributed by atoms with Gasteiger partial charge in [0, 0.05) is 12.5 Å². The number of aryl methyl sites for hydroxylation is 1. The highest BCUT2D eigenvalue weighted by Gasteiger charge is 2.13. The molecule has 0 saturated carbocycles. The number of benzene rings is 1. The average Bonchev–Trinajstić information content (AvgIpc) is 2.95. The van der Waals surface area contributed by atoms with Crippen molar-refractivity contribution in [1.82, 2.24) is 9.97 Å². The third-order valence-corrected chi connectivity index (χ3v) is 5.83.